The summed E-state index contributed by atoms with van der Waals surface area (Å²) in [5, 5.41) is 0. The lowest BCUT2D eigenvalue weighted by Crippen LogP contribution is -2.12. The zero-order valence-electron chi connectivity index (χ0n) is 7.86. The first-order valence-corrected chi connectivity index (χ1v) is 4.76. The van der Waals surface area contributed by atoms with Crippen LogP contribution in [0.15, 0.2) is 12.4 Å². The number of carbonyl (C=O) groups is 1. The van der Waals surface area contributed by atoms with E-state index >= 15 is 0 Å². The molecule has 0 aromatic carbocycles. The summed E-state index contributed by atoms with van der Waals surface area (Å²) >= 11 is 0. The molecule has 0 N–H and O–H groups in total. The fourth-order valence-corrected chi connectivity index (χ4v) is 1.92. The van der Waals surface area contributed by atoms with Gasteiger partial charge in [-0.15, -0.1) is 0 Å². The van der Waals surface area contributed by atoms with Crippen LogP contribution in [-0.4, -0.2) is 15.3 Å². The number of Topliss-reactive ketones (excluding diaryl/α,β-unsaturated/α-hetero) is 1. The summed E-state index contributed by atoms with van der Waals surface area (Å²) in [5.41, 5.74) is 0. The molecule has 0 saturated heterocycles. The van der Waals surface area contributed by atoms with Gasteiger partial charge in [0.25, 0.3) is 0 Å². The minimum Gasteiger partial charge on any atom is -0.338 e. The van der Waals surface area contributed by atoms with Gasteiger partial charge in [-0.25, -0.2) is 4.98 Å². The molecule has 1 saturated carbocycles. The Hall–Kier alpha value is -1.12. The molecule has 1 heterocycles. The quantitative estimate of drug-likeness (QED) is 0.684. The average Bonchev–Trinajstić information content (AvgIpc) is 2.65. The number of hydrogen-bond donors (Lipinski definition) is 0. The van der Waals surface area contributed by atoms with Gasteiger partial charge in [0.2, 0.25) is 0 Å². The predicted octanol–water partition coefficient (Wildman–Crippen LogP) is 1.33. The first kappa shape index (κ1) is 8.48. The minimum atomic E-state index is 0.237. The van der Waals surface area contributed by atoms with E-state index in [-0.39, 0.29) is 5.92 Å². The van der Waals surface area contributed by atoms with E-state index in [0.717, 1.165) is 31.5 Å². The lowest BCUT2D eigenvalue weighted by molar-refractivity contribution is -0.120. The van der Waals surface area contributed by atoms with Gasteiger partial charge >= 0.3 is 0 Å². The first-order chi connectivity index (χ1) is 6.27. The zero-order valence-corrected chi connectivity index (χ0v) is 7.86. The SMILES string of the molecule is Cn1ccnc1CC1CCCC1=O. The monoisotopic (exact) mass is 178 g/mol. The molecule has 1 aromatic heterocycles. The van der Waals surface area contributed by atoms with E-state index in [1.165, 1.54) is 0 Å². The van der Waals surface area contributed by atoms with Crippen molar-refractivity contribution in [1.82, 2.24) is 9.55 Å². The zero-order chi connectivity index (χ0) is 9.26. The van der Waals surface area contributed by atoms with Crippen LogP contribution in [0.25, 0.3) is 0 Å². The van der Waals surface area contributed by atoms with Crippen LogP contribution < -0.4 is 0 Å². The molecule has 1 fully saturated rings. The lowest BCUT2D eigenvalue weighted by atomic mass is 10.0. The molecule has 1 aromatic rings. The van der Waals surface area contributed by atoms with Gasteiger partial charge in [0.15, 0.2) is 0 Å². The van der Waals surface area contributed by atoms with Gasteiger partial charge in [-0.2, -0.15) is 0 Å². The summed E-state index contributed by atoms with van der Waals surface area (Å²) in [7, 11) is 1.97. The molecule has 70 valence electrons. The van der Waals surface area contributed by atoms with Crippen LogP contribution in [0.2, 0.25) is 0 Å². The van der Waals surface area contributed by atoms with Crippen molar-refractivity contribution in [3.8, 4) is 0 Å². The van der Waals surface area contributed by atoms with E-state index in [1.807, 2.05) is 17.8 Å². The maximum atomic E-state index is 11.4. The highest BCUT2D eigenvalue weighted by atomic mass is 16.1. The molecule has 3 heteroatoms. The largest absolute Gasteiger partial charge is 0.338 e. The number of aromatic nitrogens is 2. The Bertz CT molecular complexity index is 316. The molecular formula is C10H14N2O. The Morgan fingerprint density at radius 3 is 3.08 bits per heavy atom. The van der Waals surface area contributed by atoms with Crippen molar-refractivity contribution in [2.45, 2.75) is 25.7 Å². The van der Waals surface area contributed by atoms with Crippen molar-refractivity contribution in [2.75, 3.05) is 0 Å². The number of nitrogens with zero attached hydrogens (tertiary/aromatic N) is 2. The molecule has 1 aliphatic carbocycles. The Labute approximate surface area is 77.8 Å². The number of ketones is 1. The second-order valence-corrected chi connectivity index (χ2v) is 3.71. The van der Waals surface area contributed by atoms with Gasteiger partial charge in [-0.1, -0.05) is 0 Å². The summed E-state index contributed by atoms with van der Waals surface area (Å²) < 4.78 is 1.99. The van der Waals surface area contributed by atoms with E-state index < -0.39 is 0 Å². The standard InChI is InChI=1S/C10H14N2O/c1-12-6-5-11-10(12)7-8-3-2-4-9(8)13/h5-6,8H,2-4,7H2,1H3. The summed E-state index contributed by atoms with van der Waals surface area (Å²) in [4.78, 5) is 15.6. The fourth-order valence-electron chi connectivity index (χ4n) is 1.92. The highest BCUT2D eigenvalue weighted by molar-refractivity contribution is 5.82. The average molecular weight is 178 g/mol. The predicted molar refractivity (Wildman–Crippen MR) is 49.3 cm³/mol. The van der Waals surface area contributed by atoms with E-state index in [1.54, 1.807) is 6.20 Å². The van der Waals surface area contributed by atoms with Crippen LogP contribution in [0.5, 0.6) is 0 Å². The van der Waals surface area contributed by atoms with Crippen molar-refractivity contribution < 1.29 is 4.79 Å². The third-order valence-corrected chi connectivity index (χ3v) is 2.78. The van der Waals surface area contributed by atoms with Crippen LogP contribution in [-0.2, 0) is 18.3 Å². The molecule has 0 bridgehead atoms. The maximum Gasteiger partial charge on any atom is 0.136 e. The normalized spacial score (nSPS) is 22.5. The number of rotatable bonds is 2. The van der Waals surface area contributed by atoms with Crippen molar-refractivity contribution in [1.29, 1.82) is 0 Å². The van der Waals surface area contributed by atoms with Gasteiger partial charge in [0, 0.05) is 38.2 Å². The maximum absolute atomic E-state index is 11.4. The number of aryl methyl sites for hydroxylation is 1. The molecule has 3 nitrogen and oxygen atoms in total. The molecule has 0 spiro atoms. The summed E-state index contributed by atoms with van der Waals surface area (Å²) in [6, 6.07) is 0. The first-order valence-electron chi connectivity index (χ1n) is 4.76. The van der Waals surface area contributed by atoms with Crippen LogP contribution >= 0.6 is 0 Å². The molecular weight excluding hydrogens is 164 g/mol. The van der Waals surface area contributed by atoms with Crippen LogP contribution in [0.4, 0.5) is 0 Å². The van der Waals surface area contributed by atoms with Crippen LogP contribution in [0.1, 0.15) is 25.1 Å². The highest BCUT2D eigenvalue weighted by Crippen LogP contribution is 2.24. The van der Waals surface area contributed by atoms with Gasteiger partial charge in [0.05, 0.1) is 0 Å². The molecule has 1 aliphatic rings. The lowest BCUT2D eigenvalue weighted by Gasteiger charge is -2.06. The van der Waals surface area contributed by atoms with Crippen molar-refractivity contribution in [3.05, 3.63) is 18.2 Å². The Morgan fingerprint density at radius 1 is 1.69 bits per heavy atom. The van der Waals surface area contributed by atoms with Gasteiger partial charge in [0.1, 0.15) is 11.6 Å². The molecule has 1 atom stereocenters. The number of hydrogen-bond acceptors (Lipinski definition) is 2. The third kappa shape index (κ3) is 1.64. The van der Waals surface area contributed by atoms with E-state index in [0.29, 0.717) is 5.78 Å². The molecule has 13 heavy (non-hydrogen) atoms. The van der Waals surface area contributed by atoms with E-state index in [4.69, 9.17) is 0 Å². The molecule has 1 unspecified atom stereocenters. The second-order valence-electron chi connectivity index (χ2n) is 3.71. The van der Waals surface area contributed by atoms with Crippen molar-refractivity contribution in [2.24, 2.45) is 13.0 Å². The Kier molecular flexibility index (Phi) is 2.17. The smallest absolute Gasteiger partial charge is 0.136 e. The molecule has 0 radical (unpaired) electrons. The van der Waals surface area contributed by atoms with Gasteiger partial charge in [-0.3, -0.25) is 4.79 Å². The van der Waals surface area contributed by atoms with E-state index in [9.17, 15) is 4.79 Å². The van der Waals surface area contributed by atoms with E-state index in [2.05, 4.69) is 4.98 Å². The fraction of sp³-hybridized carbons (Fsp3) is 0.600. The summed E-state index contributed by atoms with van der Waals surface area (Å²) in [6.07, 6.45) is 7.42. The molecule has 0 aliphatic heterocycles. The van der Waals surface area contributed by atoms with Gasteiger partial charge < -0.3 is 4.57 Å². The second kappa shape index (κ2) is 3.32. The topological polar surface area (TPSA) is 34.9 Å². The Morgan fingerprint density at radius 2 is 2.54 bits per heavy atom. The van der Waals surface area contributed by atoms with Gasteiger partial charge in [-0.05, 0) is 12.8 Å². The Balaban J connectivity index is 2.06. The van der Waals surface area contributed by atoms with Crippen molar-refractivity contribution >= 4 is 5.78 Å². The van der Waals surface area contributed by atoms with Crippen LogP contribution in [0.3, 0.4) is 0 Å². The van der Waals surface area contributed by atoms with Crippen LogP contribution in [0, 0.1) is 5.92 Å². The number of imidazole rings is 1. The summed E-state index contributed by atoms with van der Waals surface area (Å²) in [5.74, 6) is 1.68. The summed E-state index contributed by atoms with van der Waals surface area (Å²) in [6.45, 7) is 0. The molecule has 0 amide bonds. The van der Waals surface area contributed by atoms with Crippen molar-refractivity contribution in [3.63, 3.8) is 0 Å². The minimum absolute atomic E-state index is 0.237. The molecule has 2 rings (SSSR count). The highest BCUT2D eigenvalue weighted by Gasteiger charge is 2.25. The number of carbonyl (C=O) groups excluding carboxylic acids is 1. The third-order valence-electron chi connectivity index (χ3n) is 2.78.